The Kier molecular flexibility index (Phi) is 4.56. The van der Waals surface area contributed by atoms with Gasteiger partial charge in [0.2, 0.25) is 5.91 Å². The van der Waals surface area contributed by atoms with Gasteiger partial charge in [-0.3, -0.25) is 4.79 Å². The first-order chi connectivity index (χ1) is 9.56. The van der Waals surface area contributed by atoms with Gasteiger partial charge in [0.15, 0.2) is 0 Å². The molecule has 1 heterocycles. The predicted octanol–water partition coefficient (Wildman–Crippen LogP) is 3.31. The number of aromatic nitrogens is 2. The molecule has 0 atom stereocenters. The average Bonchev–Trinajstić information content (AvgIpc) is 2.75. The molecule has 0 radical (unpaired) electrons. The molecule has 0 saturated heterocycles. The van der Waals surface area contributed by atoms with Crippen LogP contribution in [0.15, 0.2) is 30.3 Å². The monoisotopic (exact) mass is 272 g/mol. The Morgan fingerprint density at radius 1 is 1.20 bits per heavy atom. The van der Waals surface area contributed by atoms with Crippen molar-refractivity contribution in [3.05, 3.63) is 47.3 Å². The first-order valence-corrected chi connectivity index (χ1v) is 6.82. The third-order valence-corrected chi connectivity index (χ3v) is 3.07. The maximum atomic E-state index is 12.0. The van der Waals surface area contributed by atoms with Crippen molar-refractivity contribution in [1.29, 1.82) is 0 Å². The molecule has 1 aromatic carbocycles. The summed E-state index contributed by atoms with van der Waals surface area (Å²) < 4.78 is 7.07. The number of nitrogens with zero attached hydrogens (tertiary/aromatic N) is 2. The van der Waals surface area contributed by atoms with E-state index in [0.29, 0.717) is 19.4 Å². The van der Waals surface area contributed by atoms with Gasteiger partial charge in [-0.2, -0.15) is 5.10 Å². The highest BCUT2D eigenvalue weighted by Gasteiger charge is 2.09. The van der Waals surface area contributed by atoms with Crippen LogP contribution in [0, 0.1) is 20.8 Å². The van der Waals surface area contributed by atoms with Crippen LogP contribution in [0.25, 0.3) is 0 Å². The van der Waals surface area contributed by atoms with Crippen LogP contribution in [-0.2, 0) is 0 Å². The van der Waals surface area contributed by atoms with Crippen molar-refractivity contribution in [3.8, 4) is 5.75 Å². The van der Waals surface area contributed by atoms with Gasteiger partial charge < -0.3 is 4.74 Å². The molecule has 106 valence electrons. The number of hydrogen-bond acceptors (Lipinski definition) is 3. The molecule has 0 bridgehead atoms. The van der Waals surface area contributed by atoms with Gasteiger partial charge in [0.25, 0.3) is 0 Å². The minimum Gasteiger partial charge on any atom is -0.494 e. The summed E-state index contributed by atoms with van der Waals surface area (Å²) in [6.07, 6.45) is 1.12. The summed E-state index contributed by atoms with van der Waals surface area (Å²) in [6, 6.07) is 9.81. The highest BCUT2D eigenvalue weighted by atomic mass is 16.5. The van der Waals surface area contributed by atoms with E-state index in [4.69, 9.17) is 4.74 Å². The summed E-state index contributed by atoms with van der Waals surface area (Å²) in [5.41, 5.74) is 2.95. The summed E-state index contributed by atoms with van der Waals surface area (Å²) >= 11 is 0. The van der Waals surface area contributed by atoms with Gasteiger partial charge >= 0.3 is 0 Å². The van der Waals surface area contributed by atoms with Crippen LogP contribution in [0.1, 0.15) is 34.6 Å². The number of ether oxygens (including phenoxy) is 1. The molecule has 0 saturated carbocycles. The number of carbonyl (C=O) groups is 1. The Balaban J connectivity index is 1.77. The van der Waals surface area contributed by atoms with Crippen LogP contribution in [0.2, 0.25) is 0 Å². The normalized spacial score (nSPS) is 10.6. The van der Waals surface area contributed by atoms with E-state index in [9.17, 15) is 4.79 Å². The maximum absolute atomic E-state index is 12.0. The lowest BCUT2D eigenvalue weighted by molar-refractivity contribution is 0.0874. The fraction of sp³-hybridized carbons (Fsp3) is 0.375. The lowest BCUT2D eigenvalue weighted by Gasteiger charge is -2.06. The topological polar surface area (TPSA) is 44.1 Å². The molecular weight excluding hydrogens is 252 g/mol. The highest BCUT2D eigenvalue weighted by Crippen LogP contribution is 2.12. The molecule has 2 rings (SSSR count). The van der Waals surface area contributed by atoms with Crippen molar-refractivity contribution in [1.82, 2.24) is 9.78 Å². The van der Waals surface area contributed by atoms with Crippen LogP contribution in [-0.4, -0.2) is 22.3 Å². The summed E-state index contributed by atoms with van der Waals surface area (Å²) in [5.74, 6) is 0.859. The molecule has 0 N–H and O–H groups in total. The van der Waals surface area contributed by atoms with Crippen molar-refractivity contribution in [2.24, 2.45) is 0 Å². The zero-order chi connectivity index (χ0) is 14.5. The lowest BCUT2D eigenvalue weighted by atomic mass is 10.2. The summed E-state index contributed by atoms with van der Waals surface area (Å²) in [6.45, 7) is 6.35. The second-order valence-electron chi connectivity index (χ2n) is 5.00. The van der Waals surface area contributed by atoms with Crippen molar-refractivity contribution < 1.29 is 9.53 Å². The smallest absolute Gasteiger partial charge is 0.247 e. The largest absolute Gasteiger partial charge is 0.494 e. The summed E-state index contributed by atoms with van der Waals surface area (Å²) in [4.78, 5) is 12.0. The quantitative estimate of drug-likeness (QED) is 0.784. The average molecular weight is 272 g/mol. The minimum atomic E-state index is 0.0168. The molecule has 0 aliphatic carbocycles. The first kappa shape index (κ1) is 14.3. The zero-order valence-electron chi connectivity index (χ0n) is 12.2. The number of rotatable bonds is 5. The van der Waals surface area contributed by atoms with Gasteiger partial charge in [-0.05, 0) is 45.4 Å². The van der Waals surface area contributed by atoms with E-state index in [2.05, 4.69) is 5.10 Å². The Labute approximate surface area is 119 Å². The van der Waals surface area contributed by atoms with Crippen LogP contribution in [0.3, 0.4) is 0 Å². The molecule has 0 aliphatic heterocycles. The highest BCUT2D eigenvalue weighted by molar-refractivity contribution is 5.78. The van der Waals surface area contributed by atoms with Gasteiger partial charge in [-0.25, -0.2) is 4.68 Å². The van der Waals surface area contributed by atoms with E-state index in [1.54, 1.807) is 0 Å². The fourth-order valence-corrected chi connectivity index (χ4v) is 2.04. The molecule has 2 aromatic rings. The molecule has 0 amide bonds. The Morgan fingerprint density at radius 2 is 1.90 bits per heavy atom. The van der Waals surface area contributed by atoms with E-state index in [1.165, 1.54) is 10.2 Å². The van der Waals surface area contributed by atoms with Crippen molar-refractivity contribution in [2.45, 2.75) is 33.6 Å². The van der Waals surface area contributed by atoms with E-state index in [0.717, 1.165) is 17.1 Å². The second-order valence-corrected chi connectivity index (χ2v) is 5.00. The third-order valence-electron chi connectivity index (χ3n) is 3.07. The number of hydrogen-bond donors (Lipinski definition) is 0. The van der Waals surface area contributed by atoms with Gasteiger partial charge in [-0.15, -0.1) is 0 Å². The van der Waals surface area contributed by atoms with Gasteiger partial charge in [-0.1, -0.05) is 17.7 Å². The fourth-order valence-electron chi connectivity index (χ4n) is 2.04. The first-order valence-electron chi connectivity index (χ1n) is 6.82. The lowest BCUT2D eigenvalue weighted by Crippen LogP contribution is -2.15. The Hall–Kier alpha value is -2.10. The number of benzene rings is 1. The van der Waals surface area contributed by atoms with Crippen molar-refractivity contribution in [2.75, 3.05) is 6.61 Å². The molecule has 0 unspecified atom stereocenters. The SMILES string of the molecule is Cc1ccc(OCCCC(=O)n2nc(C)cc2C)cc1. The standard InChI is InChI=1S/C16H20N2O2/c1-12-6-8-15(9-7-12)20-10-4-5-16(19)18-14(3)11-13(2)17-18/h6-9,11H,4-5,10H2,1-3H3. The van der Waals surface area contributed by atoms with Gasteiger partial charge in [0.05, 0.1) is 12.3 Å². The molecule has 1 aromatic heterocycles. The molecular formula is C16H20N2O2. The van der Waals surface area contributed by atoms with Crippen LogP contribution in [0.4, 0.5) is 0 Å². The molecule has 20 heavy (non-hydrogen) atoms. The van der Waals surface area contributed by atoms with Crippen molar-refractivity contribution >= 4 is 5.91 Å². The van der Waals surface area contributed by atoms with Gasteiger partial charge in [0, 0.05) is 12.1 Å². The summed E-state index contributed by atoms with van der Waals surface area (Å²) in [7, 11) is 0. The van der Waals surface area contributed by atoms with E-state index in [-0.39, 0.29) is 5.91 Å². The molecule has 0 fully saturated rings. The molecule has 4 nitrogen and oxygen atoms in total. The zero-order valence-corrected chi connectivity index (χ0v) is 12.2. The minimum absolute atomic E-state index is 0.0168. The number of carbonyl (C=O) groups excluding carboxylic acids is 1. The van der Waals surface area contributed by atoms with E-state index in [1.807, 2.05) is 51.1 Å². The molecule has 0 aliphatic rings. The third kappa shape index (κ3) is 3.70. The van der Waals surface area contributed by atoms with Crippen LogP contribution in [0.5, 0.6) is 5.75 Å². The van der Waals surface area contributed by atoms with Crippen molar-refractivity contribution in [3.63, 3.8) is 0 Å². The summed E-state index contributed by atoms with van der Waals surface area (Å²) in [5, 5.41) is 4.18. The Bertz CT molecular complexity index is 585. The van der Waals surface area contributed by atoms with Crippen LogP contribution < -0.4 is 4.74 Å². The number of aryl methyl sites for hydroxylation is 3. The maximum Gasteiger partial charge on any atom is 0.247 e. The Morgan fingerprint density at radius 3 is 2.50 bits per heavy atom. The van der Waals surface area contributed by atoms with Gasteiger partial charge in [0.1, 0.15) is 5.75 Å². The second kappa shape index (κ2) is 6.37. The predicted molar refractivity (Wildman–Crippen MR) is 78.2 cm³/mol. The van der Waals surface area contributed by atoms with E-state index >= 15 is 0 Å². The van der Waals surface area contributed by atoms with E-state index < -0.39 is 0 Å². The van der Waals surface area contributed by atoms with Crippen LogP contribution >= 0.6 is 0 Å². The molecule has 4 heteroatoms. The molecule has 0 spiro atoms.